The largest absolute Gasteiger partial charge is 0.390 e. The van der Waals surface area contributed by atoms with E-state index in [0.717, 1.165) is 5.56 Å². The number of pyridine rings is 1. The summed E-state index contributed by atoms with van der Waals surface area (Å²) in [5.74, 6) is 0. The lowest BCUT2D eigenvalue weighted by molar-refractivity contribution is -0.140. The van der Waals surface area contributed by atoms with Crippen molar-refractivity contribution in [1.29, 1.82) is 0 Å². The highest BCUT2D eigenvalue weighted by Gasteiger charge is 2.32. The number of aromatic nitrogens is 1. The van der Waals surface area contributed by atoms with Gasteiger partial charge in [0.15, 0.2) is 0 Å². The average molecular weight is 218 g/mol. The van der Waals surface area contributed by atoms with Crippen LogP contribution < -0.4 is 5.32 Å². The molecule has 0 amide bonds. The van der Waals surface area contributed by atoms with Gasteiger partial charge in [-0.15, -0.1) is 0 Å². The van der Waals surface area contributed by atoms with E-state index in [4.69, 9.17) is 0 Å². The lowest BCUT2D eigenvalue weighted by atomic mass is 10.0. The van der Waals surface area contributed by atoms with Crippen LogP contribution in [0.15, 0.2) is 18.5 Å². The van der Waals surface area contributed by atoms with Gasteiger partial charge in [-0.3, -0.25) is 4.98 Å². The smallest absolute Gasteiger partial charge is 0.313 e. The molecule has 0 bridgehead atoms. The molecule has 0 aliphatic carbocycles. The van der Waals surface area contributed by atoms with Gasteiger partial charge >= 0.3 is 6.18 Å². The van der Waals surface area contributed by atoms with Crippen LogP contribution in [0.25, 0.3) is 0 Å². The van der Waals surface area contributed by atoms with Gasteiger partial charge in [0, 0.05) is 18.4 Å². The van der Waals surface area contributed by atoms with E-state index in [0.29, 0.717) is 5.56 Å². The molecule has 5 heteroatoms. The zero-order valence-corrected chi connectivity index (χ0v) is 8.60. The maximum atomic E-state index is 12.2. The lowest BCUT2D eigenvalue weighted by Crippen LogP contribution is -2.23. The van der Waals surface area contributed by atoms with Crippen LogP contribution in [0.3, 0.4) is 0 Å². The van der Waals surface area contributed by atoms with E-state index >= 15 is 0 Å². The van der Waals surface area contributed by atoms with Crippen LogP contribution in [-0.4, -0.2) is 18.2 Å². The Labute approximate surface area is 86.5 Å². The van der Waals surface area contributed by atoms with Crippen molar-refractivity contribution in [1.82, 2.24) is 10.3 Å². The molecule has 0 radical (unpaired) electrons. The van der Waals surface area contributed by atoms with Crippen molar-refractivity contribution in [2.45, 2.75) is 25.6 Å². The molecular weight excluding hydrogens is 205 g/mol. The van der Waals surface area contributed by atoms with Gasteiger partial charge in [-0.2, -0.15) is 13.2 Å². The summed E-state index contributed by atoms with van der Waals surface area (Å²) in [6.45, 7) is 1.80. The van der Waals surface area contributed by atoms with E-state index in [1.54, 1.807) is 19.2 Å². The van der Waals surface area contributed by atoms with Gasteiger partial charge in [0.2, 0.25) is 0 Å². The Morgan fingerprint density at radius 2 is 2.07 bits per heavy atom. The quantitative estimate of drug-likeness (QED) is 0.843. The standard InChI is InChI=1S/C10H13F3N2/c1-7-3-8(6-15-5-7)9(14-2)4-10(11,12)13/h3,5-6,9,14H,4H2,1-2H3. The van der Waals surface area contributed by atoms with Crippen LogP contribution in [-0.2, 0) is 0 Å². The molecule has 1 atom stereocenters. The number of hydrogen-bond acceptors (Lipinski definition) is 2. The first-order valence-electron chi connectivity index (χ1n) is 4.58. The van der Waals surface area contributed by atoms with E-state index in [-0.39, 0.29) is 0 Å². The molecule has 0 saturated heterocycles. The molecule has 1 aromatic heterocycles. The van der Waals surface area contributed by atoms with Crippen molar-refractivity contribution in [3.63, 3.8) is 0 Å². The number of nitrogens with one attached hydrogen (secondary N) is 1. The Morgan fingerprint density at radius 1 is 1.40 bits per heavy atom. The molecule has 0 saturated carbocycles. The van der Waals surface area contributed by atoms with Gasteiger partial charge in [-0.05, 0) is 25.1 Å². The minimum absolute atomic E-state index is 0.565. The second kappa shape index (κ2) is 4.61. The van der Waals surface area contributed by atoms with Crippen molar-refractivity contribution >= 4 is 0 Å². The number of halogens is 3. The summed E-state index contributed by atoms with van der Waals surface area (Å²) in [6.07, 6.45) is -1.98. The van der Waals surface area contributed by atoms with Gasteiger partial charge in [-0.1, -0.05) is 6.07 Å². The molecular formula is C10H13F3N2. The Kier molecular flexibility index (Phi) is 3.68. The number of aryl methyl sites for hydroxylation is 1. The molecule has 2 nitrogen and oxygen atoms in total. The summed E-state index contributed by atoms with van der Waals surface area (Å²) in [5, 5.41) is 2.64. The SMILES string of the molecule is CNC(CC(F)(F)F)c1cncc(C)c1. The highest BCUT2D eigenvalue weighted by molar-refractivity contribution is 5.20. The van der Waals surface area contributed by atoms with Crippen LogP contribution in [0.1, 0.15) is 23.6 Å². The Morgan fingerprint density at radius 3 is 2.53 bits per heavy atom. The van der Waals surface area contributed by atoms with Gasteiger partial charge in [-0.25, -0.2) is 0 Å². The zero-order valence-electron chi connectivity index (χ0n) is 8.60. The second-order valence-corrected chi connectivity index (χ2v) is 3.46. The Balaban J connectivity index is 2.83. The van der Waals surface area contributed by atoms with Crippen LogP contribution in [0.5, 0.6) is 0 Å². The minimum atomic E-state index is -4.17. The number of hydrogen-bond donors (Lipinski definition) is 1. The topological polar surface area (TPSA) is 24.9 Å². The van der Waals surface area contributed by atoms with Gasteiger partial charge in [0.25, 0.3) is 0 Å². The highest BCUT2D eigenvalue weighted by atomic mass is 19.4. The fourth-order valence-electron chi connectivity index (χ4n) is 1.39. The van der Waals surface area contributed by atoms with Crippen LogP contribution in [0.4, 0.5) is 13.2 Å². The third-order valence-electron chi connectivity index (χ3n) is 2.08. The molecule has 0 fully saturated rings. The molecule has 1 unspecified atom stereocenters. The summed E-state index contributed by atoms with van der Waals surface area (Å²) in [5.41, 5.74) is 1.42. The van der Waals surface area contributed by atoms with E-state index in [2.05, 4.69) is 10.3 Å². The van der Waals surface area contributed by atoms with Crippen molar-refractivity contribution < 1.29 is 13.2 Å². The van der Waals surface area contributed by atoms with Gasteiger partial charge in [0.1, 0.15) is 0 Å². The van der Waals surface area contributed by atoms with Crippen LogP contribution in [0, 0.1) is 6.92 Å². The molecule has 1 heterocycles. The van der Waals surface area contributed by atoms with E-state index in [1.165, 1.54) is 13.2 Å². The van der Waals surface area contributed by atoms with Crippen molar-refractivity contribution in [2.24, 2.45) is 0 Å². The van der Waals surface area contributed by atoms with Gasteiger partial charge < -0.3 is 5.32 Å². The normalized spacial score (nSPS) is 13.9. The summed E-state index contributed by atoms with van der Waals surface area (Å²) >= 11 is 0. The molecule has 0 spiro atoms. The van der Waals surface area contributed by atoms with E-state index in [9.17, 15) is 13.2 Å². The van der Waals surface area contributed by atoms with Gasteiger partial charge in [0.05, 0.1) is 6.42 Å². The van der Waals surface area contributed by atoms with Crippen LogP contribution >= 0.6 is 0 Å². The summed E-state index contributed by atoms with van der Waals surface area (Å²) in [4.78, 5) is 3.88. The van der Waals surface area contributed by atoms with Crippen molar-refractivity contribution in [2.75, 3.05) is 7.05 Å². The van der Waals surface area contributed by atoms with E-state index < -0.39 is 18.6 Å². The predicted molar refractivity (Wildman–Crippen MR) is 51.4 cm³/mol. The molecule has 1 N–H and O–H groups in total. The summed E-state index contributed by atoms with van der Waals surface area (Å²) in [6, 6.07) is 0.984. The fourth-order valence-corrected chi connectivity index (χ4v) is 1.39. The summed E-state index contributed by atoms with van der Waals surface area (Å²) in [7, 11) is 1.51. The molecule has 0 aliphatic heterocycles. The Hall–Kier alpha value is -1.10. The molecule has 0 aliphatic rings. The van der Waals surface area contributed by atoms with E-state index in [1.807, 2.05) is 0 Å². The third-order valence-corrected chi connectivity index (χ3v) is 2.08. The second-order valence-electron chi connectivity index (χ2n) is 3.46. The molecule has 84 valence electrons. The van der Waals surface area contributed by atoms with Crippen molar-refractivity contribution in [3.8, 4) is 0 Å². The predicted octanol–water partition coefficient (Wildman–Crippen LogP) is 2.60. The first-order chi connectivity index (χ1) is 6.92. The molecule has 1 aromatic rings. The van der Waals surface area contributed by atoms with Crippen LogP contribution in [0.2, 0.25) is 0 Å². The molecule has 15 heavy (non-hydrogen) atoms. The Bertz CT molecular complexity index is 323. The van der Waals surface area contributed by atoms with Crippen molar-refractivity contribution in [3.05, 3.63) is 29.6 Å². The minimum Gasteiger partial charge on any atom is -0.313 e. The first-order valence-corrected chi connectivity index (χ1v) is 4.58. The molecule has 0 aromatic carbocycles. The zero-order chi connectivity index (χ0) is 11.5. The third kappa shape index (κ3) is 3.87. The first kappa shape index (κ1) is 12.0. The number of alkyl halides is 3. The average Bonchev–Trinajstić information content (AvgIpc) is 2.13. The number of nitrogens with zero attached hydrogens (tertiary/aromatic N) is 1. The maximum absolute atomic E-state index is 12.2. The monoisotopic (exact) mass is 218 g/mol. The highest BCUT2D eigenvalue weighted by Crippen LogP contribution is 2.29. The molecule has 1 rings (SSSR count). The maximum Gasteiger partial charge on any atom is 0.390 e. The number of rotatable bonds is 3. The summed E-state index contributed by atoms with van der Waals surface area (Å²) < 4.78 is 36.7. The fraction of sp³-hybridized carbons (Fsp3) is 0.500. The lowest BCUT2D eigenvalue weighted by Gasteiger charge is -2.18.